The summed E-state index contributed by atoms with van der Waals surface area (Å²) >= 11 is 0. The van der Waals surface area contributed by atoms with Crippen LogP contribution in [-0.2, 0) is 16.0 Å². The van der Waals surface area contributed by atoms with Gasteiger partial charge in [-0.05, 0) is 57.2 Å². The van der Waals surface area contributed by atoms with Crippen LogP contribution >= 0.6 is 0 Å². The Morgan fingerprint density at radius 3 is 2.41 bits per heavy atom. The summed E-state index contributed by atoms with van der Waals surface area (Å²) in [5.41, 5.74) is 1.06. The highest BCUT2D eigenvalue weighted by Gasteiger charge is 2.27. The molecule has 1 aliphatic heterocycles. The standard InChI is InChI=1S/C21H28N4O4/c1-21(2,3)29-20(27)24-10-8-17(9-11-24)13-28-19(26)18-6-4-16(5-7-18)12-25-15-22-14-23-25/h4-7,14-15,17H,8-13H2,1-3H3. The van der Waals surface area contributed by atoms with Crippen molar-refractivity contribution in [3.63, 3.8) is 0 Å². The lowest BCUT2D eigenvalue weighted by Crippen LogP contribution is -2.42. The average molecular weight is 400 g/mol. The van der Waals surface area contributed by atoms with E-state index >= 15 is 0 Å². The van der Waals surface area contributed by atoms with Crippen LogP contribution in [0.3, 0.4) is 0 Å². The number of benzene rings is 1. The monoisotopic (exact) mass is 400 g/mol. The number of rotatable bonds is 5. The molecule has 3 rings (SSSR count). The van der Waals surface area contributed by atoms with Crippen LogP contribution < -0.4 is 0 Å². The number of amides is 1. The van der Waals surface area contributed by atoms with E-state index in [4.69, 9.17) is 9.47 Å². The molecule has 1 aliphatic rings. The van der Waals surface area contributed by atoms with Gasteiger partial charge in [0.1, 0.15) is 18.3 Å². The van der Waals surface area contributed by atoms with Crippen molar-refractivity contribution in [2.45, 2.75) is 45.8 Å². The SMILES string of the molecule is CC(C)(C)OC(=O)N1CCC(COC(=O)c2ccc(Cn3cncn3)cc2)CC1. The van der Waals surface area contributed by atoms with Crippen LogP contribution in [0.25, 0.3) is 0 Å². The van der Waals surface area contributed by atoms with Crippen LogP contribution in [0.4, 0.5) is 4.79 Å². The smallest absolute Gasteiger partial charge is 0.410 e. The zero-order valence-electron chi connectivity index (χ0n) is 17.2. The Bertz CT molecular complexity index is 804. The van der Waals surface area contributed by atoms with E-state index in [-0.39, 0.29) is 18.0 Å². The molecular formula is C21H28N4O4. The molecular weight excluding hydrogens is 372 g/mol. The molecule has 1 saturated heterocycles. The van der Waals surface area contributed by atoms with Crippen molar-refractivity contribution < 1.29 is 19.1 Å². The van der Waals surface area contributed by atoms with Crippen molar-refractivity contribution >= 4 is 12.1 Å². The maximum Gasteiger partial charge on any atom is 0.410 e. The first-order valence-electron chi connectivity index (χ1n) is 9.86. The minimum atomic E-state index is -0.492. The van der Waals surface area contributed by atoms with E-state index < -0.39 is 5.60 Å². The van der Waals surface area contributed by atoms with Gasteiger partial charge in [-0.25, -0.2) is 19.3 Å². The van der Waals surface area contributed by atoms with Gasteiger partial charge in [-0.1, -0.05) is 12.1 Å². The summed E-state index contributed by atoms with van der Waals surface area (Å²) in [5.74, 6) is -0.0731. The Hall–Kier alpha value is -2.90. The van der Waals surface area contributed by atoms with Crippen molar-refractivity contribution in [1.82, 2.24) is 19.7 Å². The predicted molar refractivity (Wildman–Crippen MR) is 106 cm³/mol. The molecule has 8 heteroatoms. The van der Waals surface area contributed by atoms with E-state index in [0.717, 1.165) is 18.4 Å². The maximum absolute atomic E-state index is 12.3. The minimum absolute atomic E-state index is 0.254. The molecule has 1 aromatic heterocycles. The first kappa shape index (κ1) is 20.8. The Kier molecular flexibility index (Phi) is 6.51. The summed E-state index contributed by atoms with van der Waals surface area (Å²) in [6.07, 6.45) is 4.45. The average Bonchev–Trinajstić information content (AvgIpc) is 3.19. The summed E-state index contributed by atoms with van der Waals surface area (Å²) in [6.45, 7) is 7.78. The number of carbonyl (C=O) groups excluding carboxylic acids is 2. The second-order valence-corrected chi connectivity index (χ2v) is 8.30. The molecule has 0 aliphatic carbocycles. The van der Waals surface area contributed by atoms with Crippen LogP contribution in [0.2, 0.25) is 0 Å². The molecule has 29 heavy (non-hydrogen) atoms. The first-order valence-corrected chi connectivity index (χ1v) is 9.86. The quantitative estimate of drug-likeness (QED) is 0.717. The van der Waals surface area contributed by atoms with Crippen LogP contribution in [0.1, 0.15) is 49.5 Å². The number of hydrogen-bond donors (Lipinski definition) is 0. The second-order valence-electron chi connectivity index (χ2n) is 8.30. The van der Waals surface area contributed by atoms with E-state index in [2.05, 4.69) is 10.1 Å². The molecule has 156 valence electrons. The number of nitrogens with zero attached hydrogens (tertiary/aromatic N) is 4. The molecule has 0 bridgehead atoms. The lowest BCUT2D eigenvalue weighted by Gasteiger charge is -2.33. The summed E-state index contributed by atoms with van der Waals surface area (Å²) in [5, 5.41) is 4.07. The number of aromatic nitrogens is 3. The van der Waals surface area contributed by atoms with E-state index in [0.29, 0.717) is 31.8 Å². The summed E-state index contributed by atoms with van der Waals surface area (Å²) in [6, 6.07) is 7.30. The van der Waals surface area contributed by atoms with Crippen LogP contribution in [-0.4, -0.2) is 57.0 Å². The molecule has 1 aromatic carbocycles. The van der Waals surface area contributed by atoms with E-state index in [1.807, 2.05) is 32.9 Å². The van der Waals surface area contributed by atoms with Crippen molar-refractivity contribution in [1.29, 1.82) is 0 Å². The van der Waals surface area contributed by atoms with Crippen LogP contribution in [0.5, 0.6) is 0 Å². The van der Waals surface area contributed by atoms with Crippen molar-refractivity contribution in [3.8, 4) is 0 Å². The Labute approximate surface area is 170 Å². The lowest BCUT2D eigenvalue weighted by atomic mass is 9.98. The zero-order valence-corrected chi connectivity index (χ0v) is 17.2. The summed E-state index contributed by atoms with van der Waals surface area (Å²) in [4.78, 5) is 30.1. The molecule has 2 aromatic rings. The molecule has 1 amide bonds. The van der Waals surface area contributed by atoms with E-state index in [1.165, 1.54) is 6.33 Å². The summed E-state index contributed by atoms with van der Waals surface area (Å²) in [7, 11) is 0. The first-order chi connectivity index (χ1) is 13.8. The molecule has 0 saturated carbocycles. The topological polar surface area (TPSA) is 86.5 Å². The molecule has 0 spiro atoms. The van der Waals surface area contributed by atoms with Crippen molar-refractivity contribution in [2.24, 2.45) is 5.92 Å². The van der Waals surface area contributed by atoms with Crippen molar-refractivity contribution in [2.75, 3.05) is 19.7 Å². The van der Waals surface area contributed by atoms with E-state index in [9.17, 15) is 9.59 Å². The number of hydrogen-bond acceptors (Lipinski definition) is 6. The molecule has 0 radical (unpaired) electrons. The van der Waals surface area contributed by atoms with Gasteiger partial charge in [0.2, 0.25) is 0 Å². The van der Waals surface area contributed by atoms with Crippen LogP contribution in [0, 0.1) is 5.92 Å². The van der Waals surface area contributed by atoms with Gasteiger partial charge in [0.15, 0.2) is 0 Å². The van der Waals surface area contributed by atoms with Gasteiger partial charge in [-0.2, -0.15) is 5.10 Å². The van der Waals surface area contributed by atoms with Gasteiger partial charge in [-0.15, -0.1) is 0 Å². The summed E-state index contributed by atoms with van der Waals surface area (Å²) < 4.78 is 12.6. The predicted octanol–water partition coefficient (Wildman–Crippen LogP) is 3.13. The largest absolute Gasteiger partial charge is 0.462 e. The maximum atomic E-state index is 12.3. The highest BCUT2D eigenvalue weighted by molar-refractivity contribution is 5.89. The van der Waals surface area contributed by atoms with Gasteiger partial charge < -0.3 is 14.4 Å². The lowest BCUT2D eigenvalue weighted by molar-refractivity contribution is 0.0115. The number of esters is 1. The third-order valence-electron chi connectivity index (χ3n) is 4.72. The fourth-order valence-electron chi connectivity index (χ4n) is 3.13. The highest BCUT2D eigenvalue weighted by atomic mass is 16.6. The Morgan fingerprint density at radius 1 is 1.14 bits per heavy atom. The highest BCUT2D eigenvalue weighted by Crippen LogP contribution is 2.20. The zero-order chi connectivity index (χ0) is 20.9. The van der Waals surface area contributed by atoms with Crippen LogP contribution in [0.15, 0.2) is 36.9 Å². The molecule has 0 unspecified atom stereocenters. The van der Waals surface area contributed by atoms with Gasteiger partial charge in [-0.3, -0.25) is 0 Å². The molecule has 8 nitrogen and oxygen atoms in total. The van der Waals surface area contributed by atoms with Crippen molar-refractivity contribution in [3.05, 3.63) is 48.0 Å². The number of carbonyl (C=O) groups is 2. The molecule has 2 heterocycles. The number of likely N-dealkylation sites (tertiary alicyclic amines) is 1. The number of ether oxygens (including phenoxy) is 2. The van der Waals surface area contributed by atoms with Gasteiger partial charge >= 0.3 is 12.1 Å². The fraction of sp³-hybridized carbons (Fsp3) is 0.524. The van der Waals surface area contributed by atoms with Gasteiger partial charge in [0.05, 0.1) is 18.7 Å². The normalized spacial score (nSPS) is 15.2. The minimum Gasteiger partial charge on any atom is -0.462 e. The Morgan fingerprint density at radius 2 is 1.83 bits per heavy atom. The molecule has 0 atom stereocenters. The van der Waals surface area contributed by atoms with Gasteiger partial charge in [0, 0.05) is 13.1 Å². The Balaban J connectivity index is 1.41. The second kappa shape index (κ2) is 9.07. The van der Waals surface area contributed by atoms with Gasteiger partial charge in [0.25, 0.3) is 0 Å². The third kappa shape index (κ3) is 6.30. The number of piperidine rings is 1. The third-order valence-corrected chi connectivity index (χ3v) is 4.72. The fourth-order valence-corrected chi connectivity index (χ4v) is 3.13. The molecule has 0 N–H and O–H groups in total. The molecule has 1 fully saturated rings. The van der Waals surface area contributed by atoms with E-state index in [1.54, 1.807) is 28.0 Å².